The largest absolute Gasteiger partial charge is 0.543 e. The molecule has 12 atom stereocenters. The van der Waals surface area contributed by atoms with E-state index in [9.17, 15) is 52.7 Å². The van der Waals surface area contributed by atoms with Crippen LogP contribution >= 0.6 is 34.0 Å². The monoisotopic (exact) mass is 1890 g/mol. The molecule has 0 saturated carbocycles. The van der Waals surface area contributed by atoms with E-state index in [0.29, 0.717) is 117 Å². The van der Waals surface area contributed by atoms with Gasteiger partial charge in [-0.1, -0.05) is 122 Å². The Morgan fingerprint density at radius 1 is 0.493 bits per heavy atom. The third-order valence-electron chi connectivity index (χ3n) is 22.5. The molecule has 0 spiro atoms. The lowest BCUT2D eigenvalue weighted by molar-refractivity contribution is -0.130. The van der Waals surface area contributed by atoms with Crippen molar-refractivity contribution in [2.75, 3.05) is 26.2 Å². The highest BCUT2D eigenvalue weighted by atomic mass is 32.1. The summed E-state index contributed by atoms with van der Waals surface area (Å²) in [6.07, 6.45) is 16.8. The van der Waals surface area contributed by atoms with Crippen molar-refractivity contribution in [2.45, 2.75) is 206 Å². The van der Waals surface area contributed by atoms with Crippen molar-refractivity contribution >= 4 is 164 Å². The SMILES string of the molecule is CC(C)C[C@H](CC(=O)[C@@H](N)CCCN=C(N)N)C(=O)N[C@@H](CCCNC(N)=[N+]=[N-])C(=O)c1nc2ccccc2s1.CC(C)C[C@H](CC(=O)[C@@H](N)Cc1c[nH]c2ccccc12)C(=O)N[C@@H](CCCN=C(N)N)C(=O)c1nc2ccccc2s1.CC(C)C[C@H](NC(=O)[C@@H](N)CC1=CNC2C=CC=CC12)C(=O)C[C@@H](CCCN=C(N)N)C(=O)c1nc2ccc(C(=O)N[C@H](C(N)=O)C(C)C)cc2s1. The molecule has 0 radical (unpaired) electrons. The number of fused-ring (bicyclic) bond motifs is 5. The van der Waals surface area contributed by atoms with Gasteiger partial charge < -0.3 is 99.2 Å². The number of nitrogens with one attached hydrogen (secondary N) is 7. The number of H-pyrrole nitrogens is 1. The molecule has 134 heavy (non-hydrogen) atoms. The molecule has 37 nitrogen and oxygen atoms in total. The average Bonchev–Trinajstić information content (AvgIpc) is 2.42. The van der Waals surface area contributed by atoms with Crippen LogP contribution in [0.4, 0.5) is 0 Å². The lowest BCUT2D eigenvalue weighted by Crippen LogP contribution is -2.49. The Balaban J connectivity index is 0.000000250. The number of carbonyl (C=O) groups is 11. The van der Waals surface area contributed by atoms with Crippen LogP contribution in [-0.4, -0.2) is 187 Å². The first-order chi connectivity index (χ1) is 63.8. The number of Topliss-reactive ketones (excluding diaryl/α,β-unsaturated/α-hetero) is 6. The highest BCUT2D eigenvalue weighted by Crippen LogP contribution is 2.33. The van der Waals surface area contributed by atoms with E-state index < -0.39 is 83.7 Å². The van der Waals surface area contributed by atoms with Crippen LogP contribution in [0.3, 0.4) is 0 Å². The van der Waals surface area contributed by atoms with E-state index >= 15 is 0 Å². The number of hydrogen-bond acceptors (Lipinski definition) is 24. The number of aromatic nitrogens is 4. The smallest absolute Gasteiger partial charge is 0.420 e. The van der Waals surface area contributed by atoms with Crippen LogP contribution in [-0.2, 0) is 40.0 Å². The van der Waals surface area contributed by atoms with E-state index in [1.165, 1.54) is 22.7 Å². The predicted octanol–water partition coefficient (Wildman–Crippen LogP) is 6.76. The van der Waals surface area contributed by atoms with Crippen LogP contribution in [0.2, 0.25) is 0 Å². The molecule has 8 aromatic rings. The van der Waals surface area contributed by atoms with E-state index in [4.69, 9.17) is 68.6 Å². The Morgan fingerprint density at radius 3 is 1.51 bits per heavy atom. The van der Waals surface area contributed by atoms with Gasteiger partial charge in [0.05, 0.1) is 79.5 Å². The number of benzene rings is 4. The van der Waals surface area contributed by atoms with E-state index in [2.05, 4.69) is 83.8 Å². The van der Waals surface area contributed by atoms with Crippen molar-refractivity contribution < 1.29 is 57.5 Å². The topological polar surface area (TPSA) is 674 Å². The summed E-state index contributed by atoms with van der Waals surface area (Å²) in [6, 6.07) is 21.9. The molecule has 2 unspecified atom stereocenters. The molecule has 5 heterocycles. The number of ketones is 6. The van der Waals surface area contributed by atoms with E-state index in [1.54, 1.807) is 32.0 Å². The summed E-state index contributed by atoms with van der Waals surface area (Å²) in [5.41, 5.74) is 76.2. The fourth-order valence-corrected chi connectivity index (χ4v) is 18.6. The summed E-state index contributed by atoms with van der Waals surface area (Å²) in [5, 5.41) is 19.2. The van der Waals surface area contributed by atoms with Gasteiger partial charge in [0.25, 0.3) is 5.91 Å². The Labute approximate surface area is 791 Å². The van der Waals surface area contributed by atoms with Crippen LogP contribution in [0, 0.1) is 47.3 Å². The third kappa shape index (κ3) is 33.1. The second kappa shape index (κ2) is 52.6. The van der Waals surface area contributed by atoms with Crippen molar-refractivity contribution in [3.8, 4) is 0 Å². The minimum Gasteiger partial charge on any atom is -0.543 e. The zero-order chi connectivity index (χ0) is 98.0. The van der Waals surface area contributed by atoms with Gasteiger partial charge in [-0.15, -0.1) is 34.0 Å². The van der Waals surface area contributed by atoms with Gasteiger partial charge in [-0.2, -0.15) is 0 Å². The first-order valence-corrected chi connectivity index (χ1v) is 47.6. The summed E-state index contributed by atoms with van der Waals surface area (Å²) in [6.45, 7) is 16.6. The summed E-state index contributed by atoms with van der Waals surface area (Å²) >= 11 is 3.65. The van der Waals surface area contributed by atoms with Crippen LogP contribution < -0.4 is 95.0 Å². The number of aliphatic imine (C=N–C) groups is 3. The predicted molar refractivity (Wildman–Crippen MR) is 528 cm³/mol. The number of aromatic amines is 1. The van der Waals surface area contributed by atoms with Gasteiger partial charge in [0.1, 0.15) is 11.8 Å². The first-order valence-electron chi connectivity index (χ1n) is 45.1. The van der Waals surface area contributed by atoms with Gasteiger partial charge in [0.15, 0.2) is 50.3 Å². The molecular weight excluding hydrogens is 1770 g/mol. The average molecular weight is 1900 g/mol. The number of carbonyl (C=O) groups excluding carboxylic acids is 11. The summed E-state index contributed by atoms with van der Waals surface area (Å²) in [7, 11) is 0. The van der Waals surface area contributed by atoms with Crippen molar-refractivity contribution in [1.82, 2.24) is 51.8 Å². The molecule has 720 valence electrons. The van der Waals surface area contributed by atoms with Gasteiger partial charge in [-0.25, -0.2) is 15.0 Å². The molecule has 0 fully saturated rings. The molecule has 0 bridgehead atoms. The van der Waals surface area contributed by atoms with Crippen LogP contribution in [0.5, 0.6) is 0 Å². The lowest BCUT2D eigenvalue weighted by atomic mass is 9.87. The molecule has 4 aromatic heterocycles. The molecular formula is C94H130N26O11S3. The lowest BCUT2D eigenvalue weighted by Gasteiger charge is -2.24. The molecule has 29 N–H and O–H groups in total. The molecule has 4 aromatic carbocycles. The number of guanidine groups is 4. The van der Waals surface area contributed by atoms with E-state index in [1.807, 2.05) is 139 Å². The molecule has 2 aliphatic rings. The van der Waals surface area contributed by atoms with Crippen molar-refractivity contribution in [3.05, 3.63) is 165 Å². The van der Waals surface area contributed by atoms with Crippen LogP contribution in [0.1, 0.15) is 197 Å². The highest BCUT2D eigenvalue weighted by Gasteiger charge is 2.37. The Hall–Kier alpha value is -12.9. The second-order valence-corrected chi connectivity index (χ2v) is 38.3. The number of primary amides is 1. The van der Waals surface area contributed by atoms with Crippen molar-refractivity contribution in [3.63, 3.8) is 0 Å². The molecule has 1 aliphatic heterocycles. The zero-order valence-electron chi connectivity index (χ0n) is 77.1. The fourth-order valence-electron chi connectivity index (χ4n) is 15.6. The van der Waals surface area contributed by atoms with Gasteiger partial charge in [0, 0.05) is 85.2 Å². The van der Waals surface area contributed by atoms with Gasteiger partial charge >= 0.3 is 5.96 Å². The van der Waals surface area contributed by atoms with Gasteiger partial charge in [-0.3, -0.25) is 78.8 Å². The molecule has 10 rings (SSSR count). The molecule has 0 saturated heterocycles. The number of para-hydroxylation sites is 3. The van der Waals surface area contributed by atoms with Crippen molar-refractivity contribution in [1.29, 1.82) is 0 Å². The maximum Gasteiger partial charge on any atom is 0.420 e. The van der Waals surface area contributed by atoms with Gasteiger partial charge in [0.2, 0.25) is 35.2 Å². The Bertz CT molecular complexity index is 5590. The Kier molecular flexibility index (Phi) is 41.8. The van der Waals surface area contributed by atoms with Crippen LogP contribution in [0.15, 0.2) is 148 Å². The standard InChI is InChI=1S/C37H51N9O5S.C31H39N7O3S.C26H40N10O3S/c1-19(2)14-28(44-35(51)25(38)15-23-18-43-26-10-6-5-9-24(23)26)29(47)16-21(8-7-13-42-37(40)41)32(48)36-45-27-12-11-22(17-30(27)52-36)34(50)46-31(20(3)4)33(39)49;1-18(2)14-19(16-26(39)22(32)15-20-17-36-23-9-4-3-8-21(20)23)29(41)37-25(11-7-13-35-31(33)34)28(40)30-38-24-10-5-6-12-27(24)42-30;1-15(2)13-16(14-20(37)17(27)7-5-11-32-25(28)29)23(39)34-19(9-6-12-33-26(30)36-31)22(38)24-35-18-8-3-4-10-21(18)40-24/h5-6,9-12,17-21,24-26,28,31,43H,7-8,13-16,38H2,1-4H3,(H2,39,49)(H,44,51)(H,46,50)(H4,40,41,42);3-6,8-10,12,17-19,22,25,36H,7,11,13-16,32H2,1-2H3,(H,37,41)(H4,33,34,35);3-4,8,10,15-17,19,33H,5-7,9,11-14,27,30H2,1-2H3,(H,34,39)(H4,28,29,32)/t21-,24?,25+,26?,28+,31+;19-,22+,25+;16-,17+,19+/m111/s1. The summed E-state index contributed by atoms with van der Waals surface area (Å²) in [5.74, 6) is -6.02. The number of thiazole rings is 3. The molecule has 40 heteroatoms. The maximum absolute atomic E-state index is 14.0. The highest BCUT2D eigenvalue weighted by molar-refractivity contribution is 7.21. The maximum atomic E-state index is 14.0. The minimum absolute atomic E-state index is 0.0103. The second-order valence-electron chi connectivity index (χ2n) is 35.2. The number of hydrogen-bond donors (Lipinski definition) is 18. The fraction of sp³-hybridized carbons (Fsp3) is 0.468. The van der Waals surface area contributed by atoms with E-state index in [-0.39, 0.29) is 148 Å². The van der Waals surface area contributed by atoms with Crippen molar-refractivity contribution in [2.24, 2.45) is 125 Å². The quantitative estimate of drug-likeness (QED) is 0.00467. The van der Waals surface area contributed by atoms with E-state index in [0.717, 1.165) is 48.3 Å². The Morgan fingerprint density at radius 2 is 0.978 bits per heavy atom. The minimum atomic E-state index is -0.875. The zero-order valence-corrected chi connectivity index (χ0v) is 79.6. The number of nitrogens with two attached hydrogens (primary N) is 11. The normalized spacial score (nSPS) is 15.4. The number of amides is 5. The van der Waals surface area contributed by atoms with Crippen LogP contribution in [0.25, 0.3) is 47.1 Å². The molecule has 1 aliphatic carbocycles. The number of nitrogens with zero attached hydrogens (tertiary/aromatic N) is 8. The number of allylic oxidation sites excluding steroid dienone is 2. The summed E-state index contributed by atoms with van der Waals surface area (Å²) < 4.78 is 2.33. The van der Waals surface area contributed by atoms with Gasteiger partial charge in [-0.05, 0) is 173 Å². The summed E-state index contributed by atoms with van der Waals surface area (Å²) in [4.78, 5) is 178. The number of rotatable bonds is 51. The third-order valence-corrected chi connectivity index (χ3v) is 25.7. The first kappa shape index (κ1) is 106. The molecule has 5 amide bonds.